The minimum Gasteiger partial charge on any atom is -0.297 e. The summed E-state index contributed by atoms with van der Waals surface area (Å²) in [5.41, 5.74) is 2.21. The highest BCUT2D eigenvalue weighted by Crippen LogP contribution is 2.30. The monoisotopic (exact) mass is 232 g/mol. The number of rotatable bonds is 2. The molecule has 0 bridgehead atoms. The summed E-state index contributed by atoms with van der Waals surface area (Å²) in [7, 11) is 1.99. The van der Waals surface area contributed by atoms with Gasteiger partial charge in [-0.05, 0) is 32.8 Å². The summed E-state index contributed by atoms with van der Waals surface area (Å²) in [5.74, 6) is 0. The Morgan fingerprint density at radius 2 is 2.12 bits per heavy atom. The van der Waals surface area contributed by atoms with Crippen LogP contribution in [0.2, 0.25) is 0 Å². The van der Waals surface area contributed by atoms with Gasteiger partial charge < -0.3 is 0 Å². The van der Waals surface area contributed by atoms with Gasteiger partial charge in [0.05, 0.1) is 22.9 Å². The van der Waals surface area contributed by atoms with Gasteiger partial charge in [-0.25, -0.2) is 0 Å². The summed E-state index contributed by atoms with van der Waals surface area (Å²) in [5, 5.41) is 13.5. The number of hydrogen-bond donors (Lipinski definition) is 0. The van der Waals surface area contributed by atoms with Crippen LogP contribution in [-0.2, 0) is 13.6 Å². The summed E-state index contributed by atoms with van der Waals surface area (Å²) in [6.45, 7) is 7.05. The highest BCUT2D eigenvalue weighted by molar-refractivity contribution is 5.09. The third kappa shape index (κ3) is 2.67. The molecule has 17 heavy (non-hydrogen) atoms. The Labute approximate surface area is 103 Å². The Bertz CT molecular complexity index is 433. The van der Waals surface area contributed by atoms with Crippen LogP contribution in [0.1, 0.15) is 31.2 Å². The van der Waals surface area contributed by atoms with Crippen LogP contribution in [-0.4, -0.2) is 27.8 Å². The molecule has 0 aliphatic carbocycles. The first-order valence-corrected chi connectivity index (χ1v) is 6.15. The maximum atomic E-state index is 9.09. The van der Waals surface area contributed by atoms with Crippen LogP contribution in [0.5, 0.6) is 0 Å². The van der Waals surface area contributed by atoms with Crippen molar-refractivity contribution in [3.05, 3.63) is 17.5 Å². The van der Waals surface area contributed by atoms with E-state index in [9.17, 15) is 0 Å². The second-order valence-electron chi connectivity index (χ2n) is 5.35. The van der Waals surface area contributed by atoms with E-state index in [2.05, 4.69) is 29.1 Å². The summed E-state index contributed by atoms with van der Waals surface area (Å²) >= 11 is 0. The first-order valence-electron chi connectivity index (χ1n) is 6.15. The number of piperidine rings is 1. The van der Waals surface area contributed by atoms with E-state index in [4.69, 9.17) is 5.26 Å². The molecule has 2 rings (SSSR count). The van der Waals surface area contributed by atoms with E-state index in [1.54, 1.807) is 0 Å². The van der Waals surface area contributed by atoms with Crippen molar-refractivity contribution in [3.8, 4) is 6.07 Å². The molecule has 0 N–H and O–H groups in total. The van der Waals surface area contributed by atoms with Crippen molar-refractivity contribution in [2.45, 2.75) is 33.2 Å². The van der Waals surface area contributed by atoms with Crippen molar-refractivity contribution in [2.75, 3.05) is 13.1 Å². The van der Waals surface area contributed by atoms with E-state index < -0.39 is 0 Å². The van der Waals surface area contributed by atoms with Gasteiger partial charge in [0.1, 0.15) is 0 Å². The molecule has 1 saturated heterocycles. The molecule has 0 spiro atoms. The van der Waals surface area contributed by atoms with E-state index in [-0.39, 0.29) is 5.41 Å². The lowest BCUT2D eigenvalue weighted by molar-refractivity contribution is 0.147. The smallest absolute Gasteiger partial charge is 0.0687 e. The lowest BCUT2D eigenvalue weighted by Gasteiger charge is -2.34. The highest BCUT2D eigenvalue weighted by atomic mass is 15.3. The van der Waals surface area contributed by atoms with Gasteiger partial charge in [-0.15, -0.1) is 0 Å². The number of likely N-dealkylation sites (tertiary alicyclic amines) is 1. The molecule has 0 amide bonds. The molecule has 0 aromatic carbocycles. The van der Waals surface area contributed by atoms with Crippen LogP contribution < -0.4 is 0 Å². The van der Waals surface area contributed by atoms with E-state index in [0.29, 0.717) is 0 Å². The predicted molar refractivity (Wildman–Crippen MR) is 66.2 cm³/mol. The topological polar surface area (TPSA) is 44.9 Å². The summed E-state index contributed by atoms with van der Waals surface area (Å²) in [6.07, 6.45) is 1.95. The van der Waals surface area contributed by atoms with Gasteiger partial charge in [0.25, 0.3) is 0 Å². The second kappa shape index (κ2) is 4.50. The molecule has 0 saturated carbocycles. The first-order chi connectivity index (χ1) is 8.02. The number of hydrogen-bond acceptors (Lipinski definition) is 3. The average Bonchev–Trinajstić information content (AvgIpc) is 2.61. The summed E-state index contributed by atoms with van der Waals surface area (Å²) < 4.78 is 1.95. The third-order valence-corrected chi connectivity index (χ3v) is 3.71. The van der Waals surface area contributed by atoms with E-state index in [1.807, 2.05) is 18.7 Å². The molecule has 4 nitrogen and oxygen atoms in total. The lowest BCUT2D eigenvalue weighted by atomic mass is 9.82. The number of aromatic nitrogens is 2. The van der Waals surface area contributed by atoms with Crippen molar-refractivity contribution in [3.63, 3.8) is 0 Å². The molecule has 4 heteroatoms. The summed E-state index contributed by atoms with van der Waals surface area (Å²) in [6, 6.07) is 4.57. The second-order valence-corrected chi connectivity index (χ2v) is 5.35. The SMILES string of the molecule is Cc1cc(CN2CCC(C)(C#N)CC2)n(C)n1. The van der Waals surface area contributed by atoms with Crippen LogP contribution >= 0.6 is 0 Å². The van der Waals surface area contributed by atoms with Gasteiger partial charge in [-0.3, -0.25) is 9.58 Å². The zero-order valence-corrected chi connectivity index (χ0v) is 10.9. The Morgan fingerprint density at radius 1 is 1.47 bits per heavy atom. The van der Waals surface area contributed by atoms with Gasteiger partial charge >= 0.3 is 0 Å². The minimum absolute atomic E-state index is 0.112. The van der Waals surface area contributed by atoms with Crippen molar-refractivity contribution >= 4 is 0 Å². The van der Waals surface area contributed by atoms with Crippen molar-refractivity contribution in [1.29, 1.82) is 5.26 Å². The molecular weight excluding hydrogens is 212 g/mol. The Morgan fingerprint density at radius 3 is 2.59 bits per heavy atom. The van der Waals surface area contributed by atoms with Crippen LogP contribution in [0.15, 0.2) is 6.07 Å². The van der Waals surface area contributed by atoms with Crippen LogP contribution in [0.4, 0.5) is 0 Å². The molecule has 0 unspecified atom stereocenters. The lowest BCUT2D eigenvalue weighted by Crippen LogP contribution is -2.37. The number of nitrogens with zero attached hydrogens (tertiary/aromatic N) is 4. The van der Waals surface area contributed by atoms with Gasteiger partial charge in [0.2, 0.25) is 0 Å². The fourth-order valence-electron chi connectivity index (χ4n) is 2.36. The Balaban J connectivity index is 1.95. The largest absolute Gasteiger partial charge is 0.297 e. The number of aryl methyl sites for hydroxylation is 2. The predicted octanol–water partition coefficient (Wildman–Crippen LogP) is 1.85. The maximum absolute atomic E-state index is 9.09. The Hall–Kier alpha value is -1.34. The molecule has 0 atom stereocenters. The first kappa shape index (κ1) is 12.1. The van der Waals surface area contributed by atoms with Gasteiger partial charge in [-0.2, -0.15) is 10.4 Å². The van der Waals surface area contributed by atoms with Crippen molar-refractivity contribution in [1.82, 2.24) is 14.7 Å². The molecule has 1 aliphatic rings. The highest BCUT2D eigenvalue weighted by Gasteiger charge is 2.29. The van der Waals surface area contributed by atoms with E-state index in [0.717, 1.165) is 38.2 Å². The number of nitriles is 1. The van der Waals surface area contributed by atoms with Gasteiger partial charge in [0.15, 0.2) is 0 Å². The Kier molecular flexibility index (Phi) is 3.21. The van der Waals surface area contributed by atoms with Crippen LogP contribution in [0.3, 0.4) is 0 Å². The maximum Gasteiger partial charge on any atom is 0.0687 e. The molecule has 1 aliphatic heterocycles. The fraction of sp³-hybridized carbons (Fsp3) is 0.692. The summed E-state index contributed by atoms with van der Waals surface area (Å²) in [4.78, 5) is 2.41. The zero-order chi connectivity index (χ0) is 12.5. The molecule has 2 heterocycles. The van der Waals surface area contributed by atoms with E-state index in [1.165, 1.54) is 5.69 Å². The fourth-order valence-corrected chi connectivity index (χ4v) is 2.36. The molecule has 1 fully saturated rings. The van der Waals surface area contributed by atoms with Crippen molar-refractivity contribution in [2.24, 2.45) is 12.5 Å². The van der Waals surface area contributed by atoms with Gasteiger partial charge in [0, 0.05) is 26.7 Å². The van der Waals surface area contributed by atoms with Crippen LogP contribution in [0, 0.1) is 23.7 Å². The van der Waals surface area contributed by atoms with E-state index >= 15 is 0 Å². The molecule has 92 valence electrons. The quantitative estimate of drug-likeness (QED) is 0.781. The molecule has 0 radical (unpaired) electrons. The molecule has 1 aromatic rings. The standard InChI is InChI=1S/C13H20N4/c1-11-8-12(16(3)15-11)9-17-6-4-13(2,10-14)5-7-17/h8H,4-7,9H2,1-3H3. The van der Waals surface area contributed by atoms with Crippen molar-refractivity contribution < 1.29 is 0 Å². The van der Waals surface area contributed by atoms with Gasteiger partial charge in [-0.1, -0.05) is 0 Å². The average molecular weight is 232 g/mol. The minimum atomic E-state index is -0.112. The van der Waals surface area contributed by atoms with Crippen LogP contribution in [0.25, 0.3) is 0 Å². The zero-order valence-electron chi connectivity index (χ0n) is 10.9. The molecular formula is C13H20N4. The third-order valence-electron chi connectivity index (χ3n) is 3.71. The normalized spacial score (nSPS) is 20.1. The molecule has 1 aromatic heterocycles.